The Morgan fingerprint density at radius 2 is 0.490 bits per heavy atom. The summed E-state index contributed by atoms with van der Waals surface area (Å²) in [6.45, 7) is 14.2. The normalized spacial score (nSPS) is 14.6. The van der Waals surface area contributed by atoms with Crippen LogP contribution in [0.2, 0.25) is 0 Å². The number of ether oxygens (including phenoxy) is 4. The van der Waals surface area contributed by atoms with Crippen molar-refractivity contribution in [3.05, 3.63) is 0 Å². The summed E-state index contributed by atoms with van der Waals surface area (Å²) in [4.78, 5) is 72.9. The number of rotatable bonds is 76. The first-order chi connectivity index (χ1) is 47.2. The first-order valence-electron chi connectivity index (χ1n) is 40.8. The molecule has 17 nitrogen and oxygen atoms in total. The lowest BCUT2D eigenvalue weighted by molar-refractivity contribution is -0.161. The average molecular weight is 1440 g/mol. The van der Waals surface area contributed by atoms with Crippen molar-refractivity contribution in [2.24, 2.45) is 23.7 Å². The van der Waals surface area contributed by atoms with E-state index < -0.39 is 97.5 Å². The molecule has 582 valence electrons. The highest BCUT2D eigenvalue weighted by Gasteiger charge is 2.30. The quantitative estimate of drug-likeness (QED) is 0.0222. The second-order valence-electron chi connectivity index (χ2n) is 29.9. The molecule has 0 saturated carbocycles. The van der Waals surface area contributed by atoms with Crippen LogP contribution in [-0.4, -0.2) is 96.7 Å². The van der Waals surface area contributed by atoms with Crippen LogP contribution in [0.15, 0.2) is 0 Å². The predicted octanol–water partition coefficient (Wildman–Crippen LogP) is 23.2. The molecule has 0 bridgehead atoms. The Morgan fingerprint density at radius 3 is 0.724 bits per heavy atom. The first kappa shape index (κ1) is 96.1. The topological polar surface area (TPSA) is 237 Å². The van der Waals surface area contributed by atoms with Gasteiger partial charge in [0.2, 0.25) is 0 Å². The molecule has 0 rings (SSSR count). The van der Waals surface area contributed by atoms with Crippen LogP contribution in [0.5, 0.6) is 0 Å². The van der Waals surface area contributed by atoms with Crippen molar-refractivity contribution in [1.82, 2.24) is 0 Å². The van der Waals surface area contributed by atoms with Crippen LogP contribution in [-0.2, 0) is 65.4 Å². The summed E-state index contributed by atoms with van der Waals surface area (Å²) >= 11 is 0. The van der Waals surface area contributed by atoms with E-state index in [-0.39, 0.29) is 25.7 Å². The van der Waals surface area contributed by atoms with Crippen LogP contribution < -0.4 is 0 Å². The van der Waals surface area contributed by atoms with Crippen LogP contribution >= 0.6 is 15.6 Å². The van der Waals surface area contributed by atoms with Gasteiger partial charge in [0, 0.05) is 25.7 Å². The van der Waals surface area contributed by atoms with Gasteiger partial charge in [-0.15, -0.1) is 0 Å². The van der Waals surface area contributed by atoms with E-state index in [2.05, 4.69) is 55.4 Å². The summed E-state index contributed by atoms with van der Waals surface area (Å²) in [7, 11) is -9.92. The van der Waals surface area contributed by atoms with Crippen molar-refractivity contribution in [1.29, 1.82) is 0 Å². The van der Waals surface area contributed by atoms with Gasteiger partial charge in [0.15, 0.2) is 12.2 Å². The smallest absolute Gasteiger partial charge is 0.462 e. The lowest BCUT2D eigenvalue weighted by Gasteiger charge is -2.21. The van der Waals surface area contributed by atoms with E-state index in [0.717, 1.165) is 114 Å². The summed E-state index contributed by atoms with van der Waals surface area (Å²) in [5, 5.41) is 10.6. The molecule has 0 heterocycles. The van der Waals surface area contributed by atoms with E-state index in [0.29, 0.717) is 31.6 Å². The largest absolute Gasteiger partial charge is 0.472 e. The van der Waals surface area contributed by atoms with E-state index in [9.17, 15) is 43.2 Å². The summed E-state index contributed by atoms with van der Waals surface area (Å²) in [6.07, 6.45) is 54.1. The van der Waals surface area contributed by atoms with Gasteiger partial charge >= 0.3 is 39.5 Å². The molecular formula is C79H154O17P2. The van der Waals surface area contributed by atoms with Gasteiger partial charge in [-0.3, -0.25) is 37.3 Å². The summed E-state index contributed by atoms with van der Waals surface area (Å²) < 4.78 is 68.6. The van der Waals surface area contributed by atoms with Gasteiger partial charge in [-0.1, -0.05) is 351 Å². The van der Waals surface area contributed by atoms with Gasteiger partial charge in [-0.05, 0) is 49.4 Å². The van der Waals surface area contributed by atoms with Crippen LogP contribution in [0.1, 0.15) is 402 Å². The molecule has 3 N–H and O–H groups in total. The Bertz CT molecular complexity index is 1920. The molecule has 0 aliphatic carbocycles. The Kier molecular flexibility index (Phi) is 66.8. The third-order valence-corrected chi connectivity index (χ3v) is 20.9. The lowest BCUT2D eigenvalue weighted by Crippen LogP contribution is -2.30. The number of aliphatic hydroxyl groups excluding tert-OH is 1. The maximum Gasteiger partial charge on any atom is 0.472 e. The molecule has 0 spiro atoms. The third kappa shape index (κ3) is 69.8. The van der Waals surface area contributed by atoms with Crippen LogP contribution in [0.25, 0.3) is 0 Å². The molecule has 0 fully saturated rings. The molecule has 0 aromatic rings. The molecule has 0 aromatic heterocycles. The number of unbranched alkanes of at least 4 members (excludes halogenated alkanes) is 40. The van der Waals surface area contributed by atoms with Crippen molar-refractivity contribution in [3.63, 3.8) is 0 Å². The maximum absolute atomic E-state index is 13.1. The van der Waals surface area contributed by atoms with Crippen molar-refractivity contribution < 1.29 is 80.2 Å². The average Bonchev–Trinajstić information content (AvgIpc) is 0.961. The molecule has 0 amide bonds. The molecule has 0 radical (unpaired) electrons. The second kappa shape index (κ2) is 68.2. The van der Waals surface area contributed by atoms with E-state index in [1.54, 1.807) is 0 Å². The third-order valence-electron chi connectivity index (χ3n) is 19.0. The SMILES string of the molecule is CCC(C)CCCCCCCCCCCCCCCCC(=O)OC[C@H](COP(=O)(O)OC[C@@H](O)COP(=O)(O)OC[C@@H](COC(=O)CCCCCCCCC(C)C)OC(=O)CCCCCCCCCCCCCCCCC(C)C)OC(=O)CCCCCCCCCCCCC(C)CC. The number of aliphatic hydroxyl groups is 1. The minimum absolute atomic E-state index is 0.106. The van der Waals surface area contributed by atoms with E-state index in [4.69, 9.17) is 37.0 Å². The fourth-order valence-corrected chi connectivity index (χ4v) is 13.6. The van der Waals surface area contributed by atoms with Gasteiger partial charge in [-0.2, -0.15) is 0 Å². The summed E-state index contributed by atoms with van der Waals surface area (Å²) in [6, 6.07) is 0. The number of carbonyl (C=O) groups is 4. The minimum atomic E-state index is -4.96. The Labute approximate surface area is 600 Å². The number of phosphoric acid groups is 2. The van der Waals surface area contributed by atoms with Gasteiger partial charge < -0.3 is 33.8 Å². The van der Waals surface area contributed by atoms with Crippen LogP contribution in [0.4, 0.5) is 0 Å². The van der Waals surface area contributed by atoms with Crippen molar-refractivity contribution in [2.45, 2.75) is 420 Å². The van der Waals surface area contributed by atoms with E-state index in [1.807, 2.05) is 0 Å². The predicted molar refractivity (Wildman–Crippen MR) is 400 cm³/mol. The molecule has 98 heavy (non-hydrogen) atoms. The van der Waals surface area contributed by atoms with E-state index in [1.165, 1.54) is 199 Å². The van der Waals surface area contributed by atoms with Gasteiger partial charge in [0.05, 0.1) is 26.4 Å². The number of phosphoric ester groups is 2. The molecule has 19 heteroatoms. The Balaban J connectivity index is 5.22. The first-order valence-corrected chi connectivity index (χ1v) is 43.8. The summed E-state index contributed by atoms with van der Waals surface area (Å²) in [5.74, 6) is 1.01. The zero-order valence-electron chi connectivity index (χ0n) is 64.4. The minimum Gasteiger partial charge on any atom is -0.462 e. The molecule has 0 aromatic carbocycles. The highest BCUT2D eigenvalue weighted by molar-refractivity contribution is 7.47. The Hall–Kier alpha value is -1.94. The molecule has 0 aliphatic heterocycles. The standard InChI is InChI=1S/C79H154O17P2/c1-9-71(7)57-49-41-32-26-20-16-12-14-17-21-28-34-43-51-59-76(81)89-65-74(95-79(84)62-54-46-36-30-24-23-27-33-42-50-58-72(8)10-2)67-93-97(85,86)91-63-73(80)64-92-98(87,88)94-68-75(66-90-77(82)60-52-44-38-37-40-48-56-70(5)6)96-78(83)61-53-45-35-29-22-18-13-11-15-19-25-31-39-47-55-69(3)4/h69-75,80H,9-68H2,1-8H3,(H,85,86)(H,87,88)/t71?,72?,73-,74-,75-/m1/s1. The van der Waals surface area contributed by atoms with E-state index >= 15 is 0 Å². The van der Waals surface area contributed by atoms with Gasteiger partial charge in [0.1, 0.15) is 19.3 Å². The number of hydrogen-bond acceptors (Lipinski definition) is 15. The second-order valence-corrected chi connectivity index (χ2v) is 32.8. The molecule has 0 saturated heterocycles. The monoisotopic (exact) mass is 1440 g/mol. The summed E-state index contributed by atoms with van der Waals surface area (Å²) in [5.41, 5.74) is 0. The molecular weight excluding hydrogens is 1280 g/mol. The highest BCUT2D eigenvalue weighted by atomic mass is 31.2. The van der Waals surface area contributed by atoms with Crippen LogP contribution in [0, 0.1) is 23.7 Å². The zero-order valence-corrected chi connectivity index (χ0v) is 66.2. The fourth-order valence-electron chi connectivity index (χ4n) is 12.0. The maximum atomic E-state index is 13.1. The zero-order chi connectivity index (χ0) is 72.4. The molecule has 4 unspecified atom stereocenters. The van der Waals surface area contributed by atoms with Crippen molar-refractivity contribution in [2.75, 3.05) is 39.6 Å². The molecule has 0 aliphatic rings. The molecule has 7 atom stereocenters. The van der Waals surface area contributed by atoms with Gasteiger partial charge in [-0.25, -0.2) is 9.13 Å². The van der Waals surface area contributed by atoms with Crippen LogP contribution in [0.3, 0.4) is 0 Å². The van der Waals surface area contributed by atoms with Crippen molar-refractivity contribution in [3.8, 4) is 0 Å². The Morgan fingerprint density at radius 1 is 0.286 bits per heavy atom. The fraction of sp³-hybridized carbons (Fsp3) is 0.949. The van der Waals surface area contributed by atoms with Gasteiger partial charge in [0.25, 0.3) is 0 Å². The van der Waals surface area contributed by atoms with Crippen molar-refractivity contribution >= 4 is 39.5 Å². The lowest BCUT2D eigenvalue weighted by atomic mass is 9.99. The number of carbonyl (C=O) groups excluding carboxylic acids is 4. The number of hydrogen-bond donors (Lipinski definition) is 3. The number of esters is 4. The highest BCUT2D eigenvalue weighted by Crippen LogP contribution is 2.45.